The van der Waals surface area contributed by atoms with Crippen LogP contribution in [0.2, 0.25) is 10.0 Å². The van der Waals surface area contributed by atoms with E-state index in [9.17, 15) is 0 Å². The van der Waals surface area contributed by atoms with Crippen LogP contribution in [0, 0.1) is 0 Å². The van der Waals surface area contributed by atoms with Gasteiger partial charge < -0.3 is 20.7 Å². The van der Waals surface area contributed by atoms with Crippen LogP contribution in [-0.4, -0.2) is 11.7 Å². The second-order valence-electron chi connectivity index (χ2n) is 6.21. The fourth-order valence-electron chi connectivity index (χ4n) is 2.64. The molecule has 0 radical (unpaired) electrons. The highest BCUT2D eigenvalue weighted by Gasteiger charge is 2.07. The maximum Gasteiger partial charge on any atom is 0.171 e. The van der Waals surface area contributed by atoms with Gasteiger partial charge in [-0.15, -0.1) is 0 Å². The molecule has 0 unspecified atom stereocenters. The third-order valence-corrected chi connectivity index (χ3v) is 4.77. The molecule has 0 fully saturated rings. The van der Waals surface area contributed by atoms with Crippen molar-refractivity contribution < 1.29 is 4.74 Å². The molecular weight excluding hydrogens is 425 g/mol. The number of nitrogens with one attached hydrogen (secondary N) is 3. The summed E-state index contributed by atoms with van der Waals surface area (Å²) < 4.78 is 5.48. The van der Waals surface area contributed by atoms with Crippen LogP contribution in [0.4, 0.5) is 17.1 Å². The number of hydrogen-bond acceptors (Lipinski definition) is 3. The lowest BCUT2D eigenvalue weighted by Crippen LogP contribution is -2.28. The van der Waals surface area contributed by atoms with E-state index in [1.807, 2.05) is 73.7 Å². The Kier molecular flexibility index (Phi) is 7.58. The van der Waals surface area contributed by atoms with E-state index >= 15 is 0 Å². The molecule has 4 nitrogen and oxygen atoms in total. The normalized spacial score (nSPS) is 10.3. The van der Waals surface area contributed by atoms with Crippen molar-refractivity contribution in [3.63, 3.8) is 0 Å². The molecule has 150 valence electrons. The first-order valence-corrected chi connectivity index (χ1v) is 10.3. The topological polar surface area (TPSA) is 45.3 Å². The summed E-state index contributed by atoms with van der Waals surface area (Å²) in [6.45, 7) is 3.19. The predicted octanol–water partition coefficient (Wildman–Crippen LogP) is 6.62. The fraction of sp³-hybridized carbons (Fsp3) is 0.136. The molecule has 0 amide bonds. The summed E-state index contributed by atoms with van der Waals surface area (Å²) in [5, 5.41) is 11.6. The molecule has 3 aromatic rings. The van der Waals surface area contributed by atoms with E-state index in [2.05, 4.69) is 16.0 Å². The van der Waals surface area contributed by atoms with Crippen LogP contribution in [0.15, 0.2) is 66.7 Å². The minimum absolute atomic E-state index is 0.511. The first-order valence-electron chi connectivity index (χ1n) is 9.12. The van der Waals surface area contributed by atoms with Gasteiger partial charge in [0, 0.05) is 22.3 Å². The summed E-state index contributed by atoms with van der Waals surface area (Å²) in [5.41, 5.74) is 3.63. The Morgan fingerprint density at radius 1 is 0.897 bits per heavy atom. The van der Waals surface area contributed by atoms with E-state index in [1.165, 1.54) is 0 Å². The van der Waals surface area contributed by atoms with Crippen molar-refractivity contribution in [1.29, 1.82) is 0 Å². The summed E-state index contributed by atoms with van der Waals surface area (Å²) in [7, 11) is 0. The summed E-state index contributed by atoms with van der Waals surface area (Å²) in [4.78, 5) is 0. The molecule has 0 bridgehead atoms. The number of halogens is 2. The fourth-order valence-corrected chi connectivity index (χ4v) is 3.12. The quantitative estimate of drug-likeness (QED) is 0.356. The van der Waals surface area contributed by atoms with Gasteiger partial charge in [-0.25, -0.2) is 0 Å². The molecule has 0 saturated heterocycles. The molecule has 3 aromatic carbocycles. The molecule has 0 heterocycles. The third kappa shape index (κ3) is 6.53. The predicted molar refractivity (Wildman–Crippen MR) is 127 cm³/mol. The van der Waals surface area contributed by atoms with Gasteiger partial charge in [0.1, 0.15) is 5.75 Å². The third-order valence-electron chi connectivity index (χ3n) is 4.04. The van der Waals surface area contributed by atoms with Crippen LogP contribution in [-0.2, 0) is 6.54 Å². The van der Waals surface area contributed by atoms with Crippen molar-refractivity contribution in [2.45, 2.75) is 13.5 Å². The smallest absolute Gasteiger partial charge is 0.171 e. The van der Waals surface area contributed by atoms with Gasteiger partial charge in [-0.05, 0) is 79.3 Å². The van der Waals surface area contributed by atoms with E-state index in [4.69, 9.17) is 40.2 Å². The first-order chi connectivity index (χ1) is 14.0. The average Bonchev–Trinajstić information content (AvgIpc) is 2.71. The number of ether oxygens (including phenoxy) is 1. The molecule has 0 spiro atoms. The molecule has 0 aliphatic carbocycles. The lowest BCUT2D eigenvalue weighted by Gasteiger charge is -2.16. The Labute approximate surface area is 186 Å². The van der Waals surface area contributed by atoms with Gasteiger partial charge >= 0.3 is 0 Å². The van der Waals surface area contributed by atoms with E-state index in [0.29, 0.717) is 28.3 Å². The monoisotopic (exact) mass is 445 g/mol. The molecular formula is C22H21Cl2N3OS. The van der Waals surface area contributed by atoms with Gasteiger partial charge in [0.05, 0.1) is 18.0 Å². The highest BCUT2D eigenvalue weighted by atomic mass is 35.5. The molecule has 3 N–H and O–H groups in total. The lowest BCUT2D eigenvalue weighted by molar-refractivity contribution is 0.340. The molecule has 7 heteroatoms. The maximum atomic E-state index is 6.19. The molecule has 29 heavy (non-hydrogen) atoms. The number of rotatable bonds is 7. The number of thiocarbonyl (C=S) groups is 1. The number of hydrogen-bond donors (Lipinski definition) is 3. The zero-order valence-electron chi connectivity index (χ0n) is 15.8. The van der Waals surface area contributed by atoms with Gasteiger partial charge in [-0.3, -0.25) is 0 Å². The van der Waals surface area contributed by atoms with Crippen LogP contribution in [0.1, 0.15) is 12.5 Å². The first kappa shape index (κ1) is 21.2. The number of anilines is 3. The van der Waals surface area contributed by atoms with E-state index < -0.39 is 0 Å². The highest BCUT2D eigenvalue weighted by molar-refractivity contribution is 7.80. The van der Waals surface area contributed by atoms with Crippen molar-refractivity contribution >= 4 is 57.6 Å². The largest absolute Gasteiger partial charge is 0.494 e. The molecule has 0 atom stereocenters. The second kappa shape index (κ2) is 10.3. The SMILES string of the molecule is CCOc1ccc(Nc2cc(Cl)ccc2NC(=S)NCc2ccc(Cl)cc2)cc1. The maximum absolute atomic E-state index is 6.19. The Balaban J connectivity index is 1.65. The summed E-state index contributed by atoms with van der Waals surface area (Å²) in [5.74, 6) is 0.829. The van der Waals surface area contributed by atoms with Gasteiger partial charge in [0.2, 0.25) is 0 Å². The highest BCUT2D eigenvalue weighted by Crippen LogP contribution is 2.29. The van der Waals surface area contributed by atoms with Crippen molar-refractivity contribution in [2.75, 3.05) is 17.2 Å². The van der Waals surface area contributed by atoms with E-state index in [0.717, 1.165) is 28.4 Å². The van der Waals surface area contributed by atoms with E-state index in [1.54, 1.807) is 0 Å². The lowest BCUT2D eigenvalue weighted by atomic mass is 10.2. The van der Waals surface area contributed by atoms with Gasteiger partial charge in [0.25, 0.3) is 0 Å². The Morgan fingerprint density at radius 3 is 2.28 bits per heavy atom. The van der Waals surface area contributed by atoms with Crippen molar-refractivity contribution in [3.8, 4) is 5.75 Å². The summed E-state index contributed by atoms with van der Waals surface area (Å²) in [6.07, 6.45) is 0. The summed E-state index contributed by atoms with van der Waals surface area (Å²) in [6, 6.07) is 20.9. The van der Waals surface area contributed by atoms with Crippen LogP contribution < -0.4 is 20.7 Å². The molecule has 0 saturated carbocycles. The van der Waals surface area contributed by atoms with Crippen molar-refractivity contribution in [1.82, 2.24) is 5.32 Å². The molecule has 0 aromatic heterocycles. The van der Waals surface area contributed by atoms with Crippen LogP contribution in [0.25, 0.3) is 0 Å². The molecule has 3 rings (SSSR count). The minimum Gasteiger partial charge on any atom is -0.494 e. The van der Waals surface area contributed by atoms with Crippen LogP contribution in [0.5, 0.6) is 5.75 Å². The van der Waals surface area contributed by atoms with Gasteiger partial charge in [-0.2, -0.15) is 0 Å². The van der Waals surface area contributed by atoms with Crippen molar-refractivity contribution in [2.24, 2.45) is 0 Å². The summed E-state index contributed by atoms with van der Waals surface area (Å²) >= 11 is 17.6. The van der Waals surface area contributed by atoms with Gasteiger partial charge in [-0.1, -0.05) is 35.3 Å². The Hall–Kier alpha value is -2.47. The minimum atomic E-state index is 0.511. The second-order valence-corrected chi connectivity index (χ2v) is 7.49. The Bertz CT molecular complexity index is 963. The van der Waals surface area contributed by atoms with Crippen LogP contribution >= 0.6 is 35.4 Å². The Morgan fingerprint density at radius 2 is 1.59 bits per heavy atom. The molecule has 0 aliphatic rings. The number of benzene rings is 3. The standard InChI is InChI=1S/C22H21Cl2N3OS/c1-2-28-19-10-8-18(9-11-19)26-21-13-17(24)7-12-20(21)27-22(29)25-14-15-3-5-16(23)6-4-15/h3-13,26H,2,14H2,1H3,(H2,25,27,29). The van der Waals surface area contributed by atoms with Crippen molar-refractivity contribution in [3.05, 3.63) is 82.3 Å². The molecule has 0 aliphatic heterocycles. The zero-order valence-corrected chi connectivity index (χ0v) is 18.2. The average molecular weight is 446 g/mol. The van der Waals surface area contributed by atoms with E-state index in [-0.39, 0.29) is 0 Å². The zero-order chi connectivity index (χ0) is 20.6. The van der Waals surface area contributed by atoms with Gasteiger partial charge in [0.15, 0.2) is 5.11 Å². The van der Waals surface area contributed by atoms with Crippen LogP contribution in [0.3, 0.4) is 0 Å².